The van der Waals surface area contributed by atoms with Crippen molar-refractivity contribution in [1.29, 1.82) is 0 Å². The molecule has 0 fully saturated rings. The van der Waals surface area contributed by atoms with E-state index in [4.69, 9.17) is 0 Å². The summed E-state index contributed by atoms with van der Waals surface area (Å²) in [5.74, 6) is -0.331. The first kappa shape index (κ1) is 9.98. The number of rotatable bonds is 4. The molecule has 0 unspecified atom stereocenters. The standard InChI is InChI=1S/C8H12N2O2S/c1-3-4-9-8-10-5-6(13-8)7(11)12-2/h5H,3-4H2,1-2H3,(H,9,10). The molecule has 1 aromatic heterocycles. The lowest BCUT2D eigenvalue weighted by Gasteiger charge is -1.96. The number of thiazole rings is 1. The predicted octanol–water partition coefficient (Wildman–Crippen LogP) is 1.75. The summed E-state index contributed by atoms with van der Waals surface area (Å²) in [6.07, 6.45) is 2.56. The minimum atomic E-state index is -0.331. The lowest BCUT2D eigenvalue weighted by Crippen LogP contribution is -1.98. The second-order valence-electron chi connectivity index (χ2n) is 2.45. The van der Waals surface area contributed by atoms with Crippen LogP contribution in [0.15, 0.2) is 6.20 Å². The molecule has 1 heterocycles. The summed E-state index contributed by atoms with van der Waals surface area (Å²) < 4.78 is 4.56. The fourth-order valence-corrected chi connectivity index (χ4v) is 1.54. The number of carbonyl (C=O) groups excluding carboxylic acids is 1. The Morgan fingerprint density at radius 3 is 3.15 bits per heavy atom. The van der Waals surface area contributed by atoms with Gasteiger partial charge in [0.15, 0.2) is 5.13 Å². The van der Waals surface area contributed by atoms with Crippen LogP contribution in [0.1, 0.15) is 23.0 Å². The van der Waals surface area contributed by atoms with Gasteiger partial charge >= 0.3 is 5.97 Å². The normalized spacial score (nSPS) is 9.69. The molecular weight excluding hydrogens is 188 g/mol. The number of hydrogen-bond donors (Lipinski definition) is 1. The summed E-state index contributed by atoms with van der Waals surface area (Å²) in [7, 11) is 1.36. The Bertz CT molecular complexity index is 285. The van der Waals surface area contributed by atoms with Gasteiger partial charge in [-0.05, 0) is 6.42 Å². The van der Waals surface area contributed by atoms with Gasteiger partial charge in [-0.2, -0.15) is 0 Å². The minimum Gasteiger partial charge on any atom is -0.465 e. The largest absolute Gasteiger partial charge is 0.465 e. The van der Waals surface area contributed by atoms with Crippen molar-refractivity contribution in [3.05, 3.63) is 11.1 Å². The lowest BCUT2D eigenvalue weighted by atomic mass is 10.5. The van der Waals surface area contributed by atoms with Crippen molar-refractivity contribution in [2.75, 3.05) is 19.0 Å². The topological polar surface area (TPSA) is 51.2 Å². The van der Waals surface area contributed by atoms with Crippen molar-refractivity contribution in [2.45, 2.75) is 13.3 Å². The summed E-state index contributed by atoms with van der Waals surface area (Å²) in [5, 5.41) is 3.86. The monoisotopic (exact) mass is 200 g/mol. The smallest absolute Gasteiger partial charge is 0.349 e. The number of aromatic nitrogens is 1. The van der Waals surface area contributed by atoms with E-state index in [9.17, 15) is 4.79 Å². The van der Waals surface area contributed by atoms with E-state index in [0.717, 1.165) is 18.1 Å². The highest BCUT2D eigenvalue weighted by Crippen LogP contribution is 2.18. The van der Waals surface area contributed by atoms with Gasteiger partial charge < -0.3 is 10.1 Å². The molecule has 0 atom stereocenters. The molecule has 0 radical (unpaired) electrons. The quantitative estimate of drug-likeness (QED) is 0.752. The second-order valence-corrected chi connectivity index (χ2v) is 3.48. The molecule has 0 aromatic carbocycles. The van der Waals surface area contributed by atoms with Gasteiger partial charge in [0.1, 0.15) is 4.88 Å². The van der Waals surface area contributed by atoms with Crippen LogP contribution >= 0.6 is 11.3 Å². The maximum atomic E-state index is 11.0. The SMILES string of the molecule is CCCNc1ncc(C(=O)OC)s1. The second kappa shape index (κ2) is 4.81. The van der Waals surface area contributed by atoms with Crippen molar-refractivity contribution in [3.8, 4) is 0 Å². The van der Waals surface area contributed by atoms with Crippen molar-refractivity contribution < 1.29 is 9.53 Å². The zero-order valence-electron chi connectivity index (χ0n) is 7.66. The van der Waals surface area contributed by atoms with E-state index in [-0.39, 0.29) is 5.97 Å². The van der Waals surface area contributed by atoms with E-state index < -0.39 is 0 Å². The van der Waals surface area contributed by atoms with Crippen LogP contribution in [-0.2, 0) is 4.74 Å². The maximum Gasteiger partial charge on any atom is 0.349 e. The number of esters is 1. The van der Waals surface area contributed by atoms with Gasteiger partial charge in [0.25, 0.3) is 0 Å². The zero-order valence-corrected chi connectivity index (χ0v) is 8.48. The predicted molar refractivity (Wildman–Crippen MR) is 52.2 cm³/mol. The number of nitrogens with one attached hydrogen (secondary N) is 1. The number of carbonyl (C=O) groups is 1. The molecule has 0 saturated heterocycles. The molecule has 13 heavy (non-hydrogen) atoms. The lowest BCUT2D eigenvalue weighted by molar-refractivity contribution is 0.0606. The van der Waals surface area contributed by atoms with E-state index in [1.807, 2.05) is 0 Å². The third kappa shape index (κ3) is 2.69. The molecule has 0 saturated carbocycles. The third-order valence-corrected chi connectivity index (χ3v) is 2.35. The zero-order chi connectivity index (χ0) is 9.68. The van der Waals surface area contributed by atoms with Crippen LogP contribution in [-0.4, -0.2) is 24.6 Å². The van der Waals surface area contributed by atoms with Gasteiger partial charge in [-0.15, -0.1) is 0 Å². The molecule has 1 aromatic rings. The molecule has 0 aliphatic rings. The Balaban J connectivity index is 2.58. The minimum absolute atomic E-state index is 0.331. The van der Waals surface area contributed by atoms with E-state index in [0.29, 0.717) is 4.88 Å². The van der Waals surface area contributed by atoms with E-state index in [2.05, 4.69) is 22.0 Å². The van der Waals surface area contributed by atoms with Gasteiger partial charge in [-0.25, -0.2) is 9.78 Å². The average Bonchev–Trinajstić information content (AvgIpc) is 2.62. The molecule has 72 valence electrons. The Hall–Kier alpha value is -1.10. The summed E-state index contributed by atoms with van der Waals surface area (Å²) in [5.41, 5.74) is 0. The summed E-state index contributed by atoms with van der Waals surface area (Å²) in [4.78, 5) is 15.6. The van der Waals surface area contributed by atoms with Gasteiger partial charge in [0.2, 0.25) is 0 Å². The van der Waals surface area contributed by atoms with Crippen LogP contribution in [0, 0.1) is 0 Å². The van der Waals surface area contributed by atoms with Crippen LogP contribution in [0.5, 0.6) is 0 Å². The Labute approximate surface area is 80.9 Å². The van der Waals surface area contributed by atoms with Crippen LogP contribution in [0.4, 0.5) is 5.13 Å². The first-order chi connectivity index (χ1) is 6.27. The van der Waals surface area contributed by atoms with E-state index >= 15 is 0 Å². The van der Waals surface area contributed by atoms with Gasteiger partial charge in [-0.3, -0.25) is 0 Å². The van der Waals surface area contributed by atoms with Crippen molar-refractivity contribution in [1.82, 2.24) is 4.98 Å². The highest BCUT2D eigenvalue weighted by molar-refractivity contribution is 7.17. The maximum absolute atomic E-state index is 11.0. The van der Waals surface area contributed by atoms with Gasteiger partial charge in [-0.1, -0.05) is 18.3 Å². The number of methoxy groups -OCH3 is 1. The molecule has 4 nitrogen and oxygen atoms in total. The van der Waals surface area contributed by atoms with Crippen molar-refractivity contribution in [2.24, 2.45) is 0 Å². The summed E-state index contributed by atoms with van der Waals surface area (Å²) in [6.45, 7) is 2.94. The van der Waals surface area contributed by atoms with Crippen LogP contribution in [0.2, 0.25) is 0 Å². The molecule has 0 bridgehead atoms. The summed E-state index contributed by atoms with van der Waals surface area (Å²) >= 11 is 1.31. The van der Waals surface area contributed by atoms with E-state index in [1.54, 1.807) is 0 Å². The highest BCUT2D eigenvalue weighted by Gasteiger charge is 2.09. The first-order valence-corrected chi connectivity index (χ1v) is 4.87. The van der Waals surface area contributed by atoms with Gasteiger partial charge in [0.05, 0.1) is 13.3 Å². The number of ether oxygens (including phenoxy) is 1. The fourth-order valence-electron chi connectivity index (χ4n) is 0.783. The van der Waals surface area contributed by atoms with E-state index in [1.165, 1.54) is 24.6 Å². The van der Waals surface area contributed by atoms with Crippen LogP contribution < -0.4 is 5.32 Å². The summed E-state index contributed by atoms with van der Waals surface area (Å²) in [6, 6.07) is 0. The van der Waals surface area contributed by atoms with Crippen LogP contribution in [0.25, 0.3) is 0 Å². The number of anilines is 1. The van der Waals surface area contributed by atoms with Crippen molar-refractivity contribution >= 4 is 22.4 Å². The fraction of sp³-hybridized carbons (Fsp3) is 0.500. The van der Waals surface area contributed by atoms with Crippen LogP contribution in [0.3, 0.4) is 0 Å². The molecule has 1 N–H and O–H groups in total. The average molecular weight is 200 g/mol. The molecule has 1 rings (SSSR count). The number of nitrogens with zero attached hydrogens (tertiary/aromatic N) is 1. The molecule has 0 aliphatic carbocycles. The number of hydrogen-bond acceptors (Lipinski definition) is 5. The molecule has 0 spiro atoms. The third-order valence-electron chi connectivity index (χ3n) is 1.42. The Morgan fingerprint density at radius 1 is 1.77 bits per heavy atom. The van der Waals surface area contributed by atoms with Crippen molar-refractivity contribution in [3.63, 3.8) is 0 Å². The van der Waals surface area contributed by atoms with Gasteiger partial charge in [0, 0.05) is 6.54 Å². The first-order valence-electron chi connectivity index (χ1n) is 4.06. The Kier molecular flexibility index (Phi) is 3.70. The molecule has 0 amide bonds. The molecular formula is C8H12N2O2S. The highest BCUT2D eigenvalue weighted by atomic mass is 32.1. The molecule has 5 heteroatoms. The molecule has 0 aliphatic heterocycles. The Morgan fingerprint density at radius 2 is 2.54 bits per heavy atom.